The number of aromatic nitrogens is 1. The lowest BCUT2D eigenvalue weighted by molar-refractivity contribution is -0.384. The van der Waals surface area contributed by atoms with Crippen LogP contribution in [0.2, 0.25) is 0 Å². The first-order chi connectivity index (χ1) is 12.6. The number of amides is 1. The molecule has 0 unspecified atom stereocenters. The molecule has 0 bridgehead atoms. The maximum Gasteiger partial charge on any atom is 0.296 e. The second-order valence-corrected chi connectivity index (χ2v) is 6.33. The van der Waals surface area contributed by atoms with Crippen LogP contribution >= 0.6 is 11.8 Å². The summed E-state index contributed by atoms with van der Waals surface area (Å²) in [4.78, 5) is 28.1. The number of para-hydroxylation sites is 1. The zero-order chi connectivity index (χ0) is 18.5. The summed E-state index contributed by atoms with van der Waals surface area (Å²) >= 11 is 1.33. The Hall–Kier alpha value is -3.13. The van der Waals surface area contributed by atoms with Crippen LogP contribution in [-0.4, -0.2) is 28.7 Å². The first-order valence-corrected chi connectivity index (χ1v) is 8.66. The number of benzene rings is 2. The highest BCUT2D eigenvalue weighted by atomic mass is 32.2. The number of hydrogen-bond acceptors (Lipinski definition) is 6. The van der Waals surface area contributed by atoms with Crippen molar-refractivity contribution < 1.29 is 14.5 Å². The molecule has 0 saturated carbocycles. The predicted molar refractivity (Wildman–Crippen MR) is 101 cm³/mol. The number of pyridine rings is 1. The fourth-order valence-corrected chi connectivity index (χ4v) is 3.26. The van der Waals surface area contributed by atoms with Gasteiger partial charge in [0.25, 0.3) is 5.69 Å². The van der Waals surface area contributed by atoms with Gasteiger partial charge in [-0.15, -0.1) is 11.8 Å². The van der Waals surface area contributed by atoms with Crippen LogP contribution in [0, 0.1) is 10.1 Å². The van der Waals surface area contributed by atoms with Crippen molar-refractivity contribution in [3.8, 4) is 5.75 Å². The van der Waals surface area contributed by atoms with E-state index in [0.29, 0.717) is 5.75 Å². The van der Waals surface area contributed by atoms with Gasteiger partial charge in [0.1, 0.15) is 11.4 Å². The quantitative estimate of drug-likeness (QED) is 0.402. The summed E-state index contributed by atoms with van der Waals surface area (Å²) in [5, 5.41) is 14.8. The molecule has 0 radical (unpaired) electrons. The number of carbonyl (C=O) groups excluding carboxylic acids is 1. The van der Waals surface area contributed by atoms with Crippen LogP contribution in [0.4, 0.5) is 11.4 Å². The molecule has 132 valence electrons. The van der Waals surface area contributed by atoms with Crippen molar-refractivity contribution in [1.29, 1.82) is 0 Å². The Labute approximate surface area is 153 Å². The summed E-state index contributed by atoms with van der Waals surface area (Å²) in [6.07, 6.45) is 1.70. The van der Waals surface area contributed by atoms with E-state index in [-0.39, 0.29) is 23.0 Å². The molecule has 26 heavy (non-hydrogen) atoms. The van der Waals surface area contributed by atoms with E-state index < -0.39 is 4.92 Å². The van der Waals surface area contributed by atoms with Gasteiger partial charge < -0.3 is 10.1 Å². The highest BCUT2D eigenvalue weighted by Gasteiger charge is 2.17. The summed E-state index contributed by atoms with van der Waals surface area (Å²) in [5.41, 5.74) is 0.746. The number of methoxy groups -OCH3 is 1. The zero-order valence-electron chi connectivity index (χ0n) is 13.8. The van der Waals surface area contributed by atoms with E-state index in [1.807, 2.05) is 30.3 Å². The van der Waals surface area contributed by atoms with Crippen molar-refractivity contribution in [3.05, 3.63) is 64.8 Å². The molecular weight excluding hydrogens is 354 g/mol. The van der Waals surface area contributed by atoms with E-state index >= 15 is 0 Å². The first-order valence-electron chi connectivity index (χ1n) is 7.67. The number of nitrogens with zero attached hydrogens (tertiary/aromatic N) is 2. The molecule has 0 aliphatic carbocycles. The fourth-order valence-electron chi connectivity index (χ4n) is 2.42. The molecule has 2 aromatic carbocycles. The summed E-state index contributed by atoms with van der Waals surface area (Å²) in [7, 11) is 1.42. The van der Waals surface area contributed by atoms with Crippen molar-refractivity contribution in [2.24, 2.45) is 0 Å². The van der Waals surface area contributed by atoms with Crippen LogP contribution in [0.1, 0.15) is 0 Å². The van der Waals surface area contributed by atoms with Gasteiger partial charge in [-0.1, -0.05) is 18.2 Å². The summed E-state index contributed by atoms with van der Waals surface area (Å²) < 4.78 is 4.98. The van der Waals surface area contributed by atoms with Gasteiger partial charge in [-0.3, -0.25) is 19.9 Å². The van der Waals surface area contributed by atoms with Crippen molar-refractivity contribution in [2.75, 3.05) is 18.2 Å². The minimum Gasteiger partial charge on any atom is -0.496 e. The first kappa shape index (κ1) is 17.7. The van der Waals surface area contributed by atoms with Gasteiger partial charge in [-0.25, -0.2) is 0 Å². The van der Waals surface area contributed by atoms with E-state index in [4.69, 9.17) is 4.74 Å². The molecule has 1 N–H and O–H groups in total. The molecule has 7 nitrogen and oxygen atoms in total. The third-order valence-electron chi connectivity index (χ3n) is 3.63. The van der Waals surface area contributed by atoms with Gasteiger partial charge in [0.05, 0.1) is 29.4 Å². The van der Waals surface area contributed by atoms with E-state index in [0.717, 1.165) is 15.8 Å². The molecule has 1 heterocycles. The number of hydrogen-bond donors (Lipinski definition) is 1. The standard InChI is InChI=1S/C18H15N3O4S/c1-25-13-7-8-14(15(10-13)21(23)24)20-17(22)11-26-16-6-2-4-12-5-3-9-19-18(12)16/h2-10H,11H2,1H3,(H,20,22). The van der Waals surface area contributed by atoms with Gasteiger partial charge >= 0.3 is 0 Å². The molecule has 3 rings (SSSR count). The number of thioether (sulfide) groups is 1. The Balaban J connectivity index is 1.72. The lowest BCUT2D eigenvalue weighted by atomic mass is 10.2. The Bertz CT molecular complexity index is 972. The van der Waals surface area contributed by atoms with E-state index in [9.17, 15) is 14.9 Å². The van der Waals surface area contributed by atoms with Crippen molar-refractivity contribution in [2.45, 2.75) is 4.90 Å². The number of rotatable bonds is 6. The molecule has 0 atom stereocenters. The fraction of sp³-hybridized carbons (Fsp3) is 0.111. The van der Waals surface area contributed by atoms with Gasteiger partial charge in [0.15, 0.2) is 0 Å². The van der Waals surface area contributed by atoms with Gasteiger partial charge in [0.2, 0.25) is 5.91 Å². The highest BCUT2D eigenvalue weighted by Crippen LogP contribution is 2.30. The van der Waals surface area contributed by atoms with Crippen LogP contribution in [-0.2, 0) is 4.79 Å². The summed E-state index contributed by atoms with van der Waals surface area (Å²) in [6, 6.07) is 13.8. The molecule has 0 saturated heterocycles. The lowest BCUT2D eigenvalue weighted by Gasteiger charge is -2.08. The number of nitrogens with one attached hydrogen (secondary N) is 1. The number of anilines is 1. The highest BCUT2D eigenvalue weighted by molar-refractivity contribution is 8.00. The number of nitro benzene ring substituents is 1. The van der Waals surface area contributed by atoms with Crippen LogP contribution in [0.3, 0.4) is 0 Å². The monoisotopic (exact) mass is 369 g/mol. The van der Waals surface area contributed by atoms with E-state index in [2.05, 4.69) is 10.3 Å². The van der Waals surface area contributed by atoms with Crippen LogP contribution in [0.5, 0.6) is 5.75 Å². The lowest BCUT2D eigenvalue weighted by Crippen LogP contribution is -2.15. The summed E-state index contributed by atoms with van der Waals surface area (Å²) in [5.74, 6) is 0.126. The molecule has 0 fully saturated rings. The maximum absolute atomic E-state index is 12.2. The Morgan fingerprint density at radius 2 is 2.08 bits per heavy atom. The van der Waals surface area contributed by atoms with Crippen LogP contribution in [0.25, 0.3) is 10.9 Å². The second kappa shape index (κ2) is 7.83. The predicted octanol–water partition coefficient (Wildman–Crippen LogP) is 3.88. The number of carbonyl (C=O) groups is 1. The van der Waals surface area contributed by atoms with Crippen LogP contribution < -0.4 is 10.1 Å². The number of ether oxygens (including phenoxy) is 1. The molecule has 0 aliphatic heterocycles. The Kier molecular flexibility index (Phi) is 5.33. The molecule has 0 aliphatic rings. The molecular formula is C18H15N3O4S. The van der Waals surface area contributed by atoms with Gasteiger partial charge in [-0.05, 0) is 24.3 Å². The summed E-state index contributed by atoms with van der Waals surface area (Å²) in [6.45, 7) is 0. The van der Waals surface area contributed by atoms with Crippen molar-refractivity contribution in [3.63, 3.8) is 0 Å². The average molecular weight is 369 g/mol. The molecule has 0 spiro atoms. The maximum atomic E-state index is 12.2. The Morgan fingerprint density at radius 3 is 2.85 bits per heavy atom. The molecule has 8 heteroatoms. The molecule has 1 aromatic heterocycles. The number of nitro groups is 1. The van der Waals surface area contributed by atoms with E-state index in [1.165, 1.54) is 31.0 Å². The zero-order valence-corrected chi connectivity index (χ0v) is 14.7. The second-order valence-electron chi connectivity index (χ2n) is 5.31. The minimum absolute atomic E-state index is 0.110. The SMILES string of the molecule is COc1ccc(NC(=O)CSc2cccc3cccnc23)c([N+](=O)[O-])c1. The molecule has 1 amide bonds. The third kappa shape index (κ3) is 3.92. The van der Waals surface area contributed by atoms with Gasteiger partial charge in [0, 0.05) is 16.5 Å². The van der Waals surface area contributed by atoms with Crippen molar-refractivity contribution in [1.82, 2.24) is 4.98 Å². The van der Waals surface area contributed by atoms with Crippen molar-refractivity contribution >= 4 is 39.9 Å². The average Bonchev–Trinajstić information content (AvgIpc) is 2.66. The topological polar surface area (TPSA) is 94.4 Å². The number of fused-ring (bicyclic) bond motifs is 1. The van der Waals surface area contributed by atoms with Gasteiger partial charge in [-0.2, -0.15) is 0 Å². The molecule has 3 aromatic rings. The van der Waals surface area contributed by atoms with Crippen LogP contribution in [0.15, 0.2) is 59.6 Å². The normalized spacial score (nSPS) is 10.5. The largest absolute Gasteiger partial charge is 0.496 e. The minimum atomic E-state index is -0.556. The van der Waals surface area contributed by atoms with E-state index in [1.54, 1.807) is 12.3 Å². The smallest absolute Gasteiger partial charge is 0.296 e. The third-order valence-corrected chi connectivity index (χ3v) is 4.68. The Morgan fingerprint density at radius 1 is 1.27 bits per heavy atom.